The number of urea groups is 1. The van der Waals surface area contributed by atoms with Crippen LogP contribution in [0.15, 0.2) is 0 Å². The number of nitrogens with two attached hydrogens (primary N) is 1. The van der Waals surface area contributed by atoms with Crippen LogP contribution in [0.1, 0.15) is 6.42 Å². The standard InChI is InChI=1S/C9H15N3O5/c10-7(14)5-1-2-12(4-5)9(17)11-3-6(13)8(15)16/h5-6,13H,1-4H2,(H2,10,14)(H,11,17)(H,15,16). The lowest BCUT2D eigenvalue weighted by atomic mass is 10.1. The molecule has 2 unspecified atom stereocenters. The van der Waals surface area contributed by atoms with Crippen molar-refractivity contribution >= 4 is 17.9 Å². The van der Waals surface area contributed by atoms with Gasteiger partial charge in [0, 0.05) is 13.1 Å². The molecular weight excluding hydrogens is 230 g/mol. The number of nitrogens with one attached hydrogen (secondary N) is 1. The molecule has 17 heavy (non-hydrogen) atoms. The Morgan fingerprint density at radius 2 is 2.12 bits per heavy atom. The maximum absolute atomic E-state index is 11.5. The van der Waals surface area contributed by atoms with Gasteiger partial charge in [-0.3, -0.25) is 4.79 Å². The molecule has 8 heteroatoms. The monoisotopic (exact) mass is 245 g/mol. The van der Waals surface area contributed by atoms with Crippen LogP contribution in [0.4, 0.5) is 4.79 Å². The average molecular weight is 245 g/mol. The second-order valence-electron chi connectivity index (χ2n) is 3.87. The summed E-state index contributed by atoms with van der Waals surface area (Å²) in [4.78, 5) is 34.0. The summed E-state index contributed by atoms with van der Waals surface area (Å²) in [5, 5.41) is 19.6. The van der Waals surface area contributed by atoms with E-state index in [0.717, 1.165) is 0 Å². The second-order valence-corrected chi connectivity index (χ2v) is 3.87. The zero-order valence-electron chi connectivity index (χ0n) is 9.13. The van der Waals surface area contributed by atoms with Gasteiger partial charge in [-0.1, -0.05) is 0 Å². The smallest absolute Gasteiger partial charge is 0.334 e. The highest BCUT2D eigenvalue weighted by Gasteiger charge is 2.29. The Bertz CT molecular complexity index is 333. The molecule has 0 aromatic rings. The Hall–Kier alpha value is -1.83. The number of carboxylic acid groups (broad SMARTS) is 1. The van der Waals surface area contributed by atoms with Crippen molar-refractivity contribution in [2.24, 2.45) is 11.7 Å². The number of nitrogens with zero attached hydrogens (tertiary/aromatic N) is 1. The van der Waals surface area contributed by atoms with Crippen LogP contribution in [0.25, 0.3) is 0 Å². The van der Waals surface area contributed by atoms with E-state index >= 15 is 0 Å². The lowest BCUT2D eigenvalue weighted by Gasteiger charge is -2.17. The van der Waals surface area contributed by atoms with Gasteiger partial charge in [-0.15, -0.1) is 0 Å². The fourth-order valence-corrected chi connectivity index (χ4v) is 1.56. The van der Waals surface area contributed by atoms with Gasteiger partial charge in [0.15, 0.2) is 6.10 Å². The number of likely N-dealkylation sites (tertiary alicyclic amines) is 1. The van der Waals surface area contributed by atoms with Gasteiger partial charge in [0.25, 0.3) is 0 Å². The number of primary amides is 1. The van der Waals surface area contributed by atoms with Crippen molar-refractivity contribution in [3.05, 3.63) is 0 Å². The van der Waals surface area contributed by atoms with Gasteiger partial charge in [-0.05, 0) is 6.42 Å². The van der Waals surface area contributed by atoms with E-state index in [0.29, 0.717) is 13.0 Å². The molecule has 0 bridgehead atoms. The number of rotatable bonds is 4. The summed E-state index contributed by atoms with van der Waals surface area (Å²) in [6.45, 7) is 0.249. The maximum atomic E-state index is 11.5. The van der Waals surface area contributed by atoms with Crippen molar-refractivity contribution in [3.63, 3.8) is 0 Å². The number of hydrogen-bond donors (Lipinski definition) is 4. The van der Waals surface area contributed by atoms with Crippen LogP contribution < -0.4 is 11.1 Å². The molecule has 1 aliphatic heterocycles. The van der Waals surface area contributed by atoms with E-state index in [2.05, 4.69) is 5.32 Å². The van der Waals surface area contributed by atoms with Gasteiger partial charge in [-0.2, -0.15) is 0 Å². The fourth-order valence-electron chi connectivity index (χ4n) is 1.56. The van der Waals surface area contributed by atoms with E-state index in [-0.39, 0.29) is 19.0 Å². The summed E-state index contributed by atoms with van der Waals surface area (Å²) >= 11 is 0. The third kappa shape index (κ3) is 3.59. The van der Waals surface area contributed by atoms with E-state index < -0.39 is 24.0 Å². The molecule has 8 nitrogen and oxygen atoms in total. The minimum Gasteiger partial charge on any atom is -0.479 e. The van der Waals surface area contributed by atoms with Gasteiger partial charge < -0.3 is 26.2 Å². The number of aliphatic hydroxyl groups is 1. The summed E-state index contributed by atoms with van der Waals surface area (Å²) in [5.41, 5.74) is 5.11. The highest BCUT2D eigenvalue weighted by molar-refractivity contribution is 5.80. The highest BCUT2D eigenvalue weighted by atomic mass is 16.4. The molecule has 0 radical (unpaired) electrons. The predicted molar refractivity (Wildman–Crippen MR) is 55.9 cm³/mol. The van der Waals surface area contributed by atoms with Gasteiger partial charge >= 0.3 is 12.0 Å². The first kappa shape index (κ1) is 13.2. The van der Waals surface area contributed by atoms with E-state index in [1.807, 2.05) is 0 Å². The Morgan fingerprint density at radius 3 is 2.59 bits per heavy atom. The molecule has 0 aliphatic carbocycles. The van der Waals surface area contributed by atoms with Crippen molar-refractivity contribution in [2.45, 2.75) is 12.5 Å². The zero-order chi connectivity index (χ0) is 13.0. The third-order valence-electron chi connectivity index (χ3n) is 2.61. The summed E-state index contributed by atoms with van der Waals surface area (Å²) in [6.07, 6.45) is -1.13. The van der Waals surface area contributed by atoms with Crippen LogP contribution in [0, 0.1) is 5.92 Å². The SMILES string of the molecule is NC(=O)C1CCN(C(=O)NCC(O)C(=O)O)C1. The number of aliphatic hydroxyl groups excluding tert-OH is 1. The fraction of sp³-hybridized carbons (Fsp3) is 0.667. The number of carbonyl (C=O) groups excluding carboxylic acids is 2. The van der Waals surface area contributed by atoms with Crippen LogP contribution in [0.5, 0.6) is 0 Å². The van der Waals surface area contributed by atoms with Crippen molar-refractivity contribution in [1.82, 2.24) is 10.2 Å². The Labute approximate surface area is 97.4 Å². The third-order valence-corrected chi connectivity index (χ3v) is 2.61. The lowest BCUT2D eigenvalue weighted by molar-refractivity contribution is -0.146. The largest absolute Gasteiger partial charge is 0.479 e. The molecule has 1 saturated heterocycles. The van der Waals surface area contributed by atoms with E-state index in [4.69, 9.17) is 15.9 Å². The van der Waals surface area contributed by atoms with Crippen LogP contribution >= 0.6 is 0 Å². The molecule has 96 valence electrons. The van der Waals surface area contributed by atoms with Gasteiger partial charge in [0.1, 0.15) is 0 Å². The molecule has 0 saturated carbocycles. The second kappa shape index (κ2) is 5.48. The minimum atomic E-state index is -1.63. The first-order valence-corrected chi connectivity index (χ1v) is 5.14. The lowest BCUT2D eigenvalue weighted by Crippen LogP contribution is -2.44. The number of hydrogen-bond acceptors (Lipinski definition) is 4. The topological polar surface area (TPSA) is 133 Å². The highest BCUT2D eigenvalue weighted by Crippen LogP contribution is 2.15. The molecule has 1 heterocycles. The Balaban J connectivity index is 2.35. The van der Waals surface area contributed by atoms with Gasteiger partial charge in [-0.25, -0.2) is 9.59 Å². The van der Waals surface area contributed by atoms with Crippen LogP contribution in [-0.2, 0) is 9.59 Å². The van der Waals surface area contributed by atoms with E-state index in [1.54, 1.807) is 0 Å². The van der Waals surface area contributed by atoms with E-state index in [1.165, 1.54) is 4.90 Å². The molecule has 1 aliphatic rings. The first-order valence-electron chi connectivity index (χ1n) is 5.14. The number of amides is 3. The molecule has 3 amide bonds. The number of aliphatic carboxylic acids is 1. The molecular formula is C9H15N3O5. The van der Waals surface area contributed by atoms with Gasteiger partial charge in [0.05, 0.1) is 12.5 Å². The quantitative estimate of drug-likeness (QED) is 0.452. The number of carboxylic acids is 1. The summed E-state index contributed by atoms with van der Waals surface area (Å²) in [6, 6.07) is -0.506. The molecule has 1 rings (SSSR count). The molecule has 5 N–H and O–H groups in total. The Kier molecular flexibility index (Phi) is 4.27. The molecule has 0 aromatic carbocycles. The summed E-state index contributed by atoms with van der Waals surface area (Å²) in [5.74, 6) is -2.21. The minimum absolute atomic E-state index is 0.227. The van der Waals surface area contributed by atoms with Crippen LogP contribution in [0.3, 0.4) is 0 Å². The zero-order valence-corrected chi connectivity index (χ0v) is 9.13. The van der Waals surface area contributed by atoms with Crippen molar-refractivity contribution < 1.29 is 24.6 Å². The first-order chi connectivity index (χ1) is 7.91. The molecule has 1 fully saturated rings. The normalized spacial score (nSPS) is 21.0. The number of carbonyl (C=O) groups is 3. The average Bonchev–Trinajstić information content (AvgIpc) is 2.74. The van der Waals surface area contributed by atoms with Crippen molar-refractivity contribution in [3.8, 4) is 0 Å². The Morgan fingerprint density at radius 1 is 1.47 bits per heavy atom. The van der Waals surface area contributed by atoms with Gasteiger partial charge in [0.2, 0.25) is 5.91 Å². The van der Waals surface area contributed by atoms with Crippen molar-refractivity contribution in [1.29, 1.82) is 0 Å². The predicted octanol–water partition coefficient (Wildman–Crippen LogP) is -2.05. The van der Waals surface area contributed by atoms with Crippen molar-refractivity contribution in [2.75, 3.05) is 19.6 Å². The molecule has 2 atom stereocenters. The summed E-state index contributed by atoms with van der Waals surface area (Å²) in [7, 11) is 0. The van der Waals surface area contributed by atoms with Crippen LogP contribution in [-0.4, -0.2) is 58.8 Å². The van der Waals surface area contributed by atoms with E-state index in [9.17, 15) is 14.4 Å². The molecule has 0 aromatic heterocycles. The molecule has 0 spiro atoms. The summed E-state index contributed by atoms with van der Waals surface area (Å²) < 4.78 is 0. The van der Waals surface area contributed by atoms with Crippen LogP contribution in [0.2, 0.25) is 0 Å². The maximum Gasteiger partial charge on any atom is 0.334 e.